The predicted octanol–water partition coefficient (Wildman–Crippen LogP) is 5.35. The standard InChI is InChI=1S/C21H23O4P/c1-21(2)14-24-26(22,25-15-21)20(16-8-4-3-5-9-16)19-13-23-12-17-10-6-7-11-18(17)19/h3-11H,12-15H2,1-2H3/b20-19-. The molecule has 0 amide bonds. The van der Waals surface area contributed by atoms with Crippen molar-refractivity contribution in [2.45, 2.75) is 20.5 Å². The maximum absolute atomic E-state index is 13.8. The summed E-state index contributed by atoms with van der Waals surface area (Å²) in [4.78, 5) is 0. The van der Waals surface area contributed by atoms with E-state index in [1.54, 1.807) is 0 Å². The fourth-order valence-corrected chi connectivity index (χ4v) is 5.65. The van der Waals surface area contributed by atoms with E-state index in [1.165, 1.54) is 0 Å². The third-order valence-corrected chi connectivity index (χ3v) is 6.72. The van der Waals surface area contributed by atoms with Crippen molar-refractivity contribution >= 4 is 18.5 Å². The molecule has 4 nitrogen and oxygen atoms in total. The molecule has 0 spiro atoms. The molecular formula is C21H23O4P. The highest BCUT2D eigenvalue weighted by molar-refractivity contribution is 7.65. The van der Waals surface area contributed by atoms with Gasteiger partial charge in [-0.2, -0.15) is 0 Å². The summed E-state index contributed by atoms with van der Waals surface area (Å²) < 4.78 is 31.3. The van der Waals surface area contributed by atoms with E-state index in [0.717, 1.165) is 22.3 Å². The van der Waals surface area contributed by atoms with Crippen molar-refractivity contribution in [1.82, 2.24) is 0 Å². The molecule has 0 aromatic heterocycles. The van der Waals surface area contributed by atoms with Crippen molar-refractivity contribution in [3.63, 3.8) is 0 Å². The zero-order valence-electron chi connectivity index (χ0n) is 15.1. The number of rotatable bonds is 2. The lowest BCUT2D eigenvalue weighted by Gasteiger charge is -2.36. The highest BCUT2D eigenvalue weighted by Crippen LogP contribution is 2.66. The molecule has 0 atom stereocenters. The minimum Gasteiger partial charge on any atom is -0.372 e. The van der Waals surface area contributed by atoms with E-state index in [-0.39, 0.29) is 5.41 Å². The molecule has 0 bridgehead atoms. The van der Waals surface area contributed by atoms with Crippen LogP contribution in [0.25, 0.3) is 10.9 Å². The molecule has 2 aromatic rings. The van der Waals surface area contributed by atoms with Crippen molar-refractivity contribution in [3.8, 4) is 0 Å². The van der Waals surface area contributed by atoms with Crippen LogP contribution in [0, 0.1) is 5.41 Å². The van der Waals surface area contributed by atoms with Crippen molar-refractivity contribution in [2.24, 2.45) is 5.41 Å². The Morgan fingerprint density at radius 2 is 1.58 bits per heavy atom. The van der Waals surface area contributed by atoms with Crippen LogP contribution in [0.4, 0.5) is 0 Å². The van der Waals surface area contributed by atoms with Crippen molar-refractivity contribution in [2.75, 3.05) is 19.8 Å². The van der Waals surface area contributed by atoms with Gasteiger partial charge in [-0.3, -0.25) is 4.57 Å². The van der Waals surface area contributed by atoms with E-state index in [1.807, 2.05) is 62.4 Å². The summed E-state index contributed by atoms with van der Waals surface area (Å²) in [5.41, 5.74) is 3.74. The molecule has 0 N–H and O–H groups in total. The number of ether oxygens (including phenoxy) is 1. The first-order valence-electron chi connectivity index (χ1n) is 8.83. The molecule has 1 saturated heterocycles. The normalized spacial score (nSPS) is 23.2. The van der Waals surface area contributed by atoms with E-state index in [4.69, 9.17) is 13.8 Å². The van der Waals surface area contributed by atoms with Gasteiger partial charge in [-0.1, -0.05) is 68.4 Å². The summed E-state index contributed by atoms with van der Waals surface area (Å²) in [7, 11) is -3.45. The molecule has 0 unspecified atom stereocenters. The fourth-order valence-electron chi connectivity index (χ4n) is 3.30. The van der Waals surface area contributed by atoms with Crippen LogP contribution >= 0.6 is 7.60 Å². The molecule has 5 heteroatoms. The SMILES string of the molecule is CC1(C)COP(=O)(/C(=C2/COCc3ccccc32)c2ccccc2)OC1. The van der Waals surface area contributed by atoms with Gasteiger partial charge in [0.05, 0.1) is 31.7 Å². The Hall–Kier alpha value is -1.71. The first kappa shape index (κ1) is 17.7. The summed E-state index contributed by atoms with van der Waals surface area (Å²) >= 11 is 0. The van der Waals surface area contributed by atoms with Crippen LogP contribution in [0.1, 0.15) is 30.5 Å². The van der Waals surface area contributed by atoms with Crippen molar-refractivity contribution < 1.29 is 18.3 Å². The van der Waals surface area contributed by atoms with Gasteiger partial charge in [0.2, 0.25) is 0 Å². The van der Waals surface area contributed by atoms with Gasteiger partial charge in [-0.05, 0) is 16.7 Å². The molecule has 0 saturated carbocycles. The van der Waals surface area contributed by atoms with Gasteiger partial charge in [0, 0.05) is 11.0 Å². The molecule has 2 aliphatic heterocycles. The Kier molecular flexibility index (Phi) is 4.62. The Labute approximate surface area is 154 Å². The third-order valence-electron chi connectivity index (χ3n) is 4.70. The number of hydrogen-bond donors (Lipinski definition) is 0. The van der Waals surface area contributed by atoms with Crippen LogP contribution in [0.5, 0.6) is 0 Å². The summed E-state index contributed by atoms with van der Waals surface area (Å²) in [6, 6.07) is 17.8. The quantitative estimate of drug-likeness (QED) is 0.669. The van der Waals surface area contributed by atoms with Gasteiger partial charge in [0.25, 0.3) is 0 Å². The fraction of sp³-hybridized carbons (Fsp3) is 0.333. The molecule has 26 heavy (non-hydrogen) atoms. The molecule has 2 heterocycles. The van der Waals surface area contributed by atoms with E-state index in [2.05, 4.69) is 6.07 Å². The van der Waals surface area contributed by atoms with Crippen molar-refractivity contribution in [3.05, 3.63) is 71.3 Å². The summed E-state index contributed by atoms with van der Waals surface area (Å²) in [5.74, 6) is 0. The zero-order valence-corrected chi connectivity index (χ0v) is 16.0. The monoisotopic (exact) mass is 370 g/mol. The molecule has 4 rings (SSSR count). The average molecular weight is 370 g/mol. The van der Waals surface area contributed by atoms with Crippen LogP contribution < -0.4 is 0 Å². The summed E-state index contributed by atoms with van der Waals surface area (Å²) in [6.07, 6.45) is 0. The highest BCUT2D eigenvalue weighted by atomic mass is 31.2. The van der Waals surface area contributed by atoms with E-state index < -0.39 is 7.60 Å². The van der Waals surface area contributed by atoms with Crippen LogP contribution in [0.2, 0.25) is 0 Å². The average Bonchev–Trinajstić information content (AvgIpc) is 2.66. The van der Waals surface area contributed by atoms with Crippen LogP contribution in [-0.4, -0.2) is 19.8 Å². The lowest BCUT2D eigenvalue weighted by molar-refractivity contribution is 0.0467. The van der Waals surface area contributed by atoms with Gasteiger partial charge in [0.15, 0.2) is 0 Å². The highest BCUT2D eigenvalue weighted by Gasteiger charge is 2.42. The largest absolute Gasteiger partial charge is 0.372 e. The Balaban J connectivity index is 1.90. The topological polar surface area (TPSA) is 44.8 Å². The minimum atomic E-state index is -3.45. The van der Waals surface area contributed by atoms with Crippen LogP contribution in [-0.2, 0) is 25.0 Å². The molecule has 1 fully saturated rings. The first-order valence-corrected chi connectivity index (χ1v) is 10.4. The van der Waals surface area contributed by atoms with Gasteiger partial charge in [-0.25, -0.2) is 0 Å². The van der Waals surface area contributed by atoms with Gasteiger partial charge >= 0.3 is 7.60 Å². The first-order chi connectivity index (χ1) is 12.5. The van der Waals surface area contributed by atoms with Gasteiger partial charge in [0.1, 0.15) is 0 Å². The Morgan fingerprint density at radius 3 is 2.31 bits per heavy atom. The van der Waals surface area contributed by atoms with E-state index in [9.17, 15) is 4.57 Å². The second kappa shape index (κ2) is 6.79. The van der Waals surface area contributed by atoms with Gasteiger partial charge in [-0.15, -0.1) is 0 Å². The lowest BCUT2D eigenvalue weighted by Crippen LogP contribution is -2.29. The summed E-state index contributed by atoms with van der Waals surface area (Å²) in [5, 5.41) is 0.626. The number of hydrogen-bond acceptors (Lipinski definition) is 4. The number of benzene rings is 2. The lowest BCUT2D eigenvalue weighted by atomic mass is 9.96. The smallest absolute Gasteiger partial charge is 0.362 e. The molecular weight excluding hydrogens is 347 g/mol. The second-order valence-corrected chi connectivity index (χ2v) is 9.51. The minimum absolute atomic E-state index is 0.151. The summed E-state index contributed by atoms with van der Waals surface area (Å²) in [6.45, 7) is 5.84. The number of fused-ring (bicyclic) bond motifs is 1. The van der Waals surface area contributed by atoms with Crippen LogP contribution in [0.3, 0.4) is 0 Å². The third kappa shape index (κ3) is 3.30. The Morgan fingerprint density at radius 1 is 0.923 bits per heavy atom. The zero-order chi connectivity index (χ0) is 18.2. The maximum atomic E-state index is 13.8. The predicted molar refractivity (Wildman–Crippen MR) is 103 cm³/mol. The Bertz CT molecular complexity index is 872. The van der Waals surface area contributed by atoms with Crippen molar-refractivity contribution in [1.29, 1.82) is 0 Å². The van der Waals surface area contributed by atoms with Gasteiger partial charge < -0.3 is 13.8 Å². The maximum Gasteiger partial charge on any atom is 0.362 e. The van der Waals surface area contributed by atoms with E-state index >= 15 is 0 Å². The molecule has 2 aliphatic rings. The van der Waals surface area contributed by atoms with E-state index in [0.29, 0.717) is 31.7 Å². The molecule has 0 radical (unpaired) electrons. The second-order valence-electron chi connectivity index (χ2n) is 7.55. The molecule has 136 valence electrons. The molecule has 2 aromatic carbocycles. The van der Waals surface area contributed by atoms with Crippen LogP contribution in [0.15, 0.2) is 54.6 Å². The molecule has 0 aliphatic carbocycles.